The molecular weight excluding hydrogens is 317 g/mol. The Labute approximate surface area is 122 Å². The van der Waals surface area contributed by atoms with Crippen molar-refractivity contribution >= 4 is 0 Å². The summed E-state index contributed by atoms with van der Waals surface area (Å²) in [5.74, 6) is 0. The maximum atomic E-state index is 13.5. The molecule has 0 fully saturated rings. The van der Waals surface area contributed by atoms with Gasteiger partial charge in [-0.2, -0.15) is 26.3 Å². The molecule has 0 aliphatic carbocycles. The van der Waals surface area contributed by atoms with Crippen LogP contribution in [0.15, 0.2) is 24.3 Å². The van der Waals surface area contributed by atoms with E-state index in [4.69, 9.17) is 0 Å². The minimum absolute atomic E-state index is 0.199. The Morgan fingerprint density at radius 2 is 1.36 bits per heavy atom. The third kappa shape index (κ3) is 3.91. The van der Waals surface area contributed by atoms with Gasteiger partial charge in [-0.25, -0.2) is 4.39 Å². The molecule has 0 saturated heterocycles. The molecule has 22 heavy (non-hydrogen) atoms. The predicted molar refractivity (Wildman–Crippen MR) is 66.0 cm³/mol. The molecule has 0 aliphatic heterocycles. The Bertz CT molecular complexity index is 461. The first-order chi connectivity index (χ1) is 9.92. The average molecular weight is 332 g/mol. The summed E-state index contributed by atoms with van der Waals surface area (Å²) in [6, 6.07) is 5.35. The van der Waals surface area contributed by atoms with Gasteiger partial charge in [-0.1, -0.05) is 37.6 Å². The number of aliphatic hydroxyl groups is 1. The zero-order valence-corrected chi connectivity index (χ0v) is 11.6. The van der Waals surface area contributed by atoms with Gasteiger partial charge in [0.2, 0.25) is 0 Å². The van der Waals surface area contributed by atoms with Gasteiger partial charge < -0.3 is 5.11 Å². The summed E-state index contributed by atoms with van der Waals surface area (Å²) in [4.78, 5) is 0. The SMILES string of the molecule is CCCc1ccc(C(O)CC(F)(C(F)(F)F)C(F)(F)F)cc1. The molecular formula is C14H15F7O. The van der Waals surface area contributed by atoms with Gasteiger partial charge in [0.1, 0.15) is 0 Å². The van der Waals surface area contributed by atoms with Gasteiger partial charge in [-0.3, -0.25) is 0 Å². The summed E-state index contributed by atoms with van der Waals surface area (Å²) in [5, 5.41) is 9.56. The summed E-state index contributed by atoms with van der Waals surface area (Å²) < 4.78 is 88.1. The standard InChI is InChI=1S/C14H15F7O/c1-2-3-9-4-6-10(7-5-9)11(22)8-12(15,13(16,17)18)14(19,20)21/h4-7,11,22H,2-3,8H2,1H3. The van der Waals surface area contributed by atoms with Crippen molar-refractivity contribution in [1.82, 2.24) is 0 Å². The van der Waals surface area contributed by atoms with Gasteiger partial charge >= 0.3 is 18.0 Å². The van der Waals surface area contributed by atoms with E-state index in [2.05, 4.69) is 0 Å². The van der Waals surface area contributed by atoms with Crippen LogP contribution in [-0.4, -0.2) is 23.1 Å². The zero-order chi connectivity index (χ0) is 17.2. The minimum Gasteiger partial charge on any atom is -0.388 e. The van der Waals surface area contributed by atoms with Crippen LogP contribution in [0.25, 0.3) is 0 Å². The van der Waals surface area contributed by atoms with E-state index in [0.717, 1.165) is 12.0 Å². The highest BCUT2D eigenvalue weighted by Gasteiger charge is 2.72. The Morgan fingerprint density at radius 3 is 1.73 bits per heavy atom. The van der Waals surface area contributed by atoms with Crippen LogP contribution in [0.5, 0.6) is 0 Å². The molecule has 8 heteroatoms. The van der Waals surface area contributed by atoms with Crippen LogP contribution in [0.3, 0.4) is 0 Å². The molecule has 0 saturated carbocycles. The van der Waals surface area contributed by atoms with Crippen LogP contribution in [0, 0.1) is 0 Å². The molecule has 0 aromatic heterocycles. The van der Waals surface area contributed by atoms with Gasteiger partial charge in [-0.15, -0.1) is 0 Å². The number of alkyl halides is 7. The summed E-state index contributed by atoms with van der Waals surface area (Å²) >= 11 is 0. The molecule has 0 bridgehead atoms. The molecule has 1 nitrogen and oxygen atoms in total. The second-order valence-electron chi connectivity index (χ2n) is 5.01. The van der Waals surface area contributed by atoms with E-state index in [1.54, 1.807) is 0 Å². The number of halogens is 7. The molecule has 0 heterocycles. The molecule has 1 rings (SSSR count). The minimum atomic E-state index is -6.16. The number of hydrogen-bond donors (Lipinski definition) is 1. The monoisotopic (exact) mass is 332 g/mol. The van der Waals surface area contributed by atoms with Crippen molar-refractivity contribution in [3.05, 3.63) is 35.4 Å². The summed E-state index contributed by atoms with van der Waals surface area (Å²) in [6.07, 6.45) is -15.2. The van der Waals surface area contributed by atoms with Crippen molar-refractivity contribution in [3.8, 4) is 0 Å². The molecule has 1 N–H and O–H groups in total. The van der Waals surface area contributed by atoms with E-state index in [-0.39, 0.29) is 5.56 Å². The number of rotatable bonds is 5. The molecule has 1 unspecified atom stereocenters. The highest BCUT2D eigenvalue weighted by molar-refractivity contribution is 5.25. The lowest BCUT2D eigenvalue weighted by Gasteiger charge is -2.31. The Balaban J connectivity index is 2.99. The fourth-order valence-electron chi connectivity index (χ4n) is 1.97. The van der Waals surface area contributed by atoms with E-state index >= 15 is 0 Å². The molecule has 126 valence electrons. The normalized spacial score (nSPS) is 15.0. The van der Waals surface area contributed by atoms with Gasteiger partial charge in [0.25, 0.3) is 0 Å². The summed E-state index contributed by atoms with van der Waals surface area (Å²) in [6.45, 7) is 1.90. The lowest BCUT2D eigenvalue weighted by molar-refractivity contribution is -0.347. The second-order valence-corrected chi connectivity index (χ2v) is 5.01. The third-order valence-electron chi connectivity index (χ3n) is 3.28. The van der Waals surface area contributed by atoms with Crippen molar-refractivity contribution < 1.29 is 35.8 Å². The smallest absolute Gasteiger partial charge is 0.388 e. The van der Waals surface area contributed by atoms with Crippen molar-refractivity contribution in [3.63, 3.8) is 0 Å². The Kier molecular flexibility index (Phi) is 5.48. The van der Waals surface area contributed by atoms with Gasteiger partial charge in [0.05, 0.1) is 6.10 Å². The van der Waals surface area contributed by atoms with Crippen molar-refractivity contribution in [2.24, 2.45) is 0 Å². The fourth-order valence-corrected chi connectivity index (χ4v) is 1.97. The van der Waals surface area contributed by atoms with Crippen LogP contribution >= 0.6 is 0 Å². The summed E-state index contributed by atoms with van der Waals surface area (Å²) in [7, 11) is 0. The van der Waals surface area contributed by atoms with E-state index in [1.165, 1.54) is 24.3 Å². The molecule has 1 aromatic carbocycles. The van der Waals surface area contributed by atoms with Gasteiger partial charge in [0, 0.05) is 6.42 Å². The molecule has 1 aromatic rings. The van der Waals surface area contributed by atoms with Crippen molar-refractivity contribution in [2.45, 2.75) is 50.3 Å². The van der Waals surface area contributed by atoms with Crippen molar-refractivity contribution in [1.29, 1.82) is 0 Å². The first-order valence-corrected chi connectivity index (χ1v) is 6.51. The molecule has 0 amide bonds. The first kappa shape index (κ1) is 18.7. The molecule has 0 spiro atoms. The fraction of sp³-hybridized carbons (Fsp3) is 0.571. The van der Waals surface area contributed by atoms with Crippen LogP contribution < -0.4 is 0 Å². The molecule has 0 radical (unpaired) electrons. The first-order valence-electron chi connectivity index (χ1n) is 6.51. The van der Waals surface area contributed by atoms with Gasteiger partial charge in [-0.05, 0) is 17.5 Å². The largest absolute Gasteiger partial charge is 0.431 e. The van der Waals surface area contributed by atoms with E-state index in [1.807, 2.05) is 6.92 Å². The number of hydrogen-bond acceptors (Lipinski definition) is 1. The second kappa shape index (κ2) is 6.44. The van der Waals surface area contributed by atoms with E-state index in [9.17, 15) is 35.8 Å². The lowest BCUT2D eigenvalue weighted by Crippen LogP contribution is -2.54. The maximum Gasteiger partial charge on any atom is 0.431 e. The number of benzene rings is 1. The lowest BCUT2D eigenvalue weighted by atomic mass is 9.92. The third-order valence-corrected chi connectivity index (χ3v) is 3.28. The highest BCUT2D eigenvalue weighted by Crippen LogP contribution is 2.50. The molecule has 1 atom stereocenters. The zero-order valence-electron chi connectivity index (χ0n) is 11.6. The number of aryl methyl sites for hydroxylation is 1. The van der Waals surface area contributed by atoms with Crippen LogP contribution in [0.1, 0.15) is 37.0 Å². The van der Waals surface area contributed by atoms with Crippen molar-refractivity contribution in [2.75, 3.05) is 0 Å². The van der Waals surface area contributed by atoms with Crippen LogP contribution in [0.2, 0.25) is 0 Å². The molecule has 0 aliphatic rings. The number of aliphatic hydroxyl groups excluding tert-OH is 1. The van der Waals surface area contributed by atoms with Gasteiger partial charge in [0.15, 0.2) is 0 Å². The highest BCUT2D eigenvalue weighted by atomic mass is 19.4. The van der Waals surface area contributed by atoms with E-state index in [0.29, 0.717) is 6.42 Å². The quantitative estimate of drug-likeness (QED) is 0.761. The predicted octanol–water partition coefficient (Wildman–Crippen LogP) is 4.90. The Hall–Kier alpha value is -1.31. The average Bonchev–Trinajstić information content (AvgIpc) is 2.37. The summed E-state index contributed by atoms with van der Waals surface area (Å²) in [5.41, 5.74) is -4.84. The van der Waals surface area contributed by atoms with E-state index < -0.39 is 30.5 Å². The van der Waals surface area contributed by atoms with Crippen LogP contribution in [0.4, 0.5) is 30.7 Å². The Morgan fingerprint density at radius 1 is 0.909 bits per heavy atom. The topological polar surface area (TPSA) is 20.2 Å². The van der Waals surface area contributed by atoms with Crippen LogP contribution in [-0.2, 0) is 6.42 Å². The maximum absolute atomic E-state index is 13.5.